The third-order valence-electron chi connectivity index (χ3n) is 1.08. The second-order valence-corrected chi connectivity index (χ2v) is 1.98. The molecule has 0 bridgehead atoms. The minimum Gasteiger partial charge on any atom is -0.449 e. The Morgan fingerprint density at radius 3 is 2.75 bits per heavy atom. The van der Waals surface area contributed by atoms with Crippen molar-refractivity contribution in [3.05, 3.63) is 12.7 Å². The number of carbonyl (C=O) groups is 2. The molecule has 0 aromatic heterocycles. The summed E-state index contributed by atoms with van der Waals surface area (Å²) in [5, 5.41) is 10.4. The van der Waals surface area contributed by atoms with Crippen molar-refractivity contribution < 1.29 is 19.4 Å². The van der Waals surface area contributed by atoms with Gasteiger partial charge >= 0.3 is 5.97 Å². The lowest BCUT2D eigenvalue weighted by Gasteiger charge is -2.10. The zero-order valence-electron chi connectivity index (χ0n) is 6.74. The Balaban J connectivity index is 3.85. The van der Waals surface area contributed by atoms with E-state index in [1.807, 2.05) is 0 Å². The second-order valence-electron chi connectivity index (χ2n) is 1.98. The topological polar surface area (TPSA) is 75.6 Å². The van der Waals surface area contributed by atoms with Crippen molar-refractivity contribution >= 4 is 11.9 Å². The van der Waals surface area contributed by atoms with Gasteiger partial charge in [-0.1, -0.05) is 6.58 Å². The zero-order valence-corrected chi connectivity index (χ0v) is 6.74. The van der Waals surface area contributed by atoms with E-state index in [1.54, 1.807) is 0 Å². The van der Waals surface area contributed by atoms with Gasteiger partial charge < -0.3 is 15.2 Å². The van der Waals surface area contributed by atoms with Gasteiger partial charge in [0.25, 0.3) is 5.91 Å². The quantitative estimate of drug-likeness (QED) is 0.330. The molecule has 2 N–H and O–H groups in total. The first-order valence-electron chi connectivity index (χ1n) is 3.33. The summed E-state index contributed by atoms with van der Waals surface area (Å²) < 4.78 is 4.53. The van der Waals surface area contributed by atoms with Gasteiger partial charge in [-0.3, -0.25) is 4.79 Å². The van der Waals surface area contributed by atoms with Crippen LogP contribution in [0.1, 0.15) is 6.92 Å². The van der Waals surface area contributed by atoms with Gasteiger partial charge in [0, 0.05) is 6.08 Å². The standard InChI is InChI=1S/C7H11NO4/c1-3-6(10)12-5(2)7(11)8-4-9/h3,5,9H,1,4H2,2H3,(H,8,11). The van der Waals surface area contributed by atoms with Crippen LogP contribution in [-0.4, -0.2) is 29.8 Å². The minimum absolute atomic E-state index is 0.477. The van der Waals surface area contributed by atoms with Crippen molar-refractivity contribution in [1.29, 1.82) is 0 Å². The van der Waals surface area contributed by atoms with Gasteiger partial charge in [-0.15, -0.1) is 0 Å². The Labute approximate surface area is 70.0 Å². The van der Waals surface area contributed by atoms with Gasteiger partial charge in [-0.25, -0.2) is 4.79 Å². The Hall–Kier alpha value is -1.36. The maximum Gasteiger partial charge on any atom is 0.330 e. The van der Waals surface area contributed by atoms with Crippen LogP contribution in [0.2, 0.25) is 0 Å². The summed E-state index contributed by atoms with van der Waals surface area (Å²) in [6.45, 7) is 4.08. The van der Waals surface area contributed by atoms with Crippen LogP contribution in [0.5, 0.6) is 0 Å². The van der Waals surface area contributed by atoms with Crippen molar-refractivity contribution in [2.45, 2.75) is 13.0 Å². The van der Waals surface area contributed by atoms with Crippen LogP contribution in [0.3, 0.4) is 0 Å². The number of aliphatic hydroxyl groups is 1. The van der Waals surface area contributed by atoms with Crippen molar-refractivity contribution in [2.24, 2.45) is 0 Å². The van der Waals surface area contributed by atoms with E-state index in [9.17, 15) is 9.59 Å². The number of nitrogens with one attached hydrogen (secondary N) is 1. The van der Waals surface area contributed by atoms with Crippen molar-refractivity contribution in [1.82, 2.24) is 5.32 Å². The van der Waals surface area contributed by atoms with Crippen molar-refractivity contribution in [3.8, 4) is 0 Å². The largest absolute Gasteiger partial charge is 0.449 e. The molecule has 0 heterocycles. The number of amides is 1. The average molecular weight is 173 g/mol. The molecule has 0 aliphatic carbocycles. The summed E-state index contributed by atoms with van der Waals surface area (Å²) in [4.78, 5) is 21.4. The van der Waals surface area contributed by atoms with Crippen LogP contribution in [0.4, 0.5) is 0 Å². The number of hydrogen-bond donors (Lipinski definition) is 2. The van der Waals surface area contributed by atoms with Crippen LogP contribution in [0.15, 0.2) is 12.7 Å². The highest BCUT2D eigenvalue weighted by molar-refractivity contribution is 5.86. The lowest BCUT2D eigenvalue weighted by atomic mass is 10.4. The fourth-order valence-corrected chi connectivity index (χ4v) is 0.498. The molecule has 0 aromatic rings. The molecule has 0 saturated carbocycles. The van der Waals surface area contributed by atoms with Crippen LogP contribution >= 0.6 is 0 Å². The maximum absolute atomic E-state index is 10.8. The third kappa shape index (κ3) is 3.72. The summed E-state index contributed by atoms with van der Waals surface area (Å²) in [5.41, 5.74) is 0. The van der Waals surface area contributed by atoms with E-state index < -0.39 is 24.7 Å². The normalized spacial score (nSPS) is 11.5. The monoisotopic (exact) mass is 173 g/mol. The highest BCUT2D eigenvalue weighted by Crippen LogP contribution is 1.91. The molecule has 0 fully saturated rings. The number of carbonyl (C=O) groups excluding carboxylic acids is 2. The summed E-state index contributed by atoms with van der Waals surface area (Å²) in [6, 6.07) is 0. The second kappa shape index (κ2) is 5.31. The first-order chi connectivity index (χ1) is 5.61. The van der Waals surface area contributed by atoms with E-state index in [2.05, 4.69) is 16.6 Å². The number of aliphatic hydroxyl groups excluding tert-OH is 1. The van der Waals surface area contributed by atoms with E-state index in [0.717, 1.165) is 6.08 Å². The van der Waals surface area contributed by atoms with Crippen LogP contribution in [-0.2, 0) is 14.3 Å². The van der Waals surface area contributed by atoms with Gasteiger partial charge in [0.1, 0.15) is 6.73 Å². The van der Waals surface area contributed by atoms with Gasteiger partial charge in [-0.2, -0.15) is 0 Å². The summed E-state index contributed by atoms with van der Waals surface area (Å²) in [5.74, 6) is -1.22. The first kappa shape index (κ1) is 10.6. The number of esters is 1. The SMILES string of the molecule is C=CC(=O)OC(C)C(=O)NCO. The molecule has 5 nitrogen and oxygen atoms in total. The van der Waals surface area contributed by atoms with Crippen LogP contribution in [0.25, 0.3) is 0 Å². The number of rotatable bonds is 4. The number of ether oxygens (including phenoxy) is 1. The van der Waals surface area contributed by atoms with E-state index in [1.165, 1.54) is 6.92 Å². The maximum atomic E-state index is 10.8. The smallest absolute Gasteiger partial charge is 0.330 e. The molecule has 1 atom stereocenters. The molecule has 1 unspecified atom stereocenters. The van der Waals surface area contributed by atoms with Gasteiger partial charge in [-0.05, 0) is 6.92 Å². The number of hydrogen-bond acceptors (Lipinski definition) is 4. The predicted molar refractivity (Wildman–Crippen MR) is 41.0 cm³/mol. The predicted octanol–water partition coefficient (Wildman–Crippen LogP) is -0.830. The van der Waals surface area contributed by atoms with E-state index in [-0.39, 0.29) is 0 Å². The molecule has 0 aromatic carbocycles. The molecular weight excluding hydrogens is 162 g/mol. The lowest BCUT2D eigenvalue weighted by molar-refractivity contribution is -0.150. The zero-order chi connectivity index (χ0) is 9.56. The van der Waals surface area contributed by atoms with E-state index >= 15 is 0 Å². The van der Waals surface area contributed by atoms with E-state index in [4.69, 9.17) is 5.11 Å². The Morgan fingerprint density at radius 2 is 2.33 bits per heavy atom. The summed E-state index contributed by atoms with van der Waals surface area (Å²) >= 11 is 0. The highest BCUT2D eigenvalue weighted by atomic mass is 16.5. The first-order valence-corrected chi connectivity index (χ1v) is 3.33. The van der Waals surface area contributed by atoms with Crippen molar-refractivity contribution in [2.75, 3.05) is 6.73 Å². The van der Waals surface area contributed by atoms with Crippen molar-refractivity contribution in [3.63, 3.8) is 0 Å². The Morgan fingerprint density at radius 1 is 1.75 bits per heavy atom. The molecule has 68 valence electrons. The molecule has 5 heteroatoms. The Kier molecular flexibility index (Phi) is 4.71. The molecule has 0 aliphatic rings. The Bertz CT molecular complexity index is 190. The van der Waals surface area contributed by atoms with Crippen LogP contribution in [0, 0.1) is 0 Å². The third-order valence-corrected chi connectivity index (χ3v) is 1.08. The molecule has 0 rings (SSSR count). The summed E-state index contributed by atoms with van der Waals surface area (Å²) in [6.07, 6.45) is 0.0468. The fraction of sp³-hybridized carbons (Fsp3) is 0.429. The van der Waals surface area contributed by atoms with Gasteiger partial charge in [0.2, 0.25) is 0 Å². The molecule has 0 aliphatic heterocycles. The lowest BCUT2D eigenvalue weighted by Crippen LogP contribution is -2.35. The molecule has 0 radical (unpaired) electrons. The molecule has 0 spiro atoms. The van der Waals surface area contributed by atoms with E-state index in [0.29, 0.717) is 0 Å². The average Bonchev–Trinajstić information content (AvgIpc) is 2.04. The van der Waals surface area contributed by atoms with Gasteiger partial charge in [0.15, 0.2) is 6.10 Å². The molecular formula is C7H11NO4. The molecule has 12 heavy (non-hydrogen) atoms. The summed E-state index contributed by atoms with van der Waals surface area (Å²) in [7, 11) is 0. The molecule has 1 amide bonds. The fourth-order valence-electron chi connectivity index (χ4n) is 0.498. The van der Waals surface area contributed by atoms with Crippen LogP contribution < -0.4 is 5.32 Å². The highest BCUT2D eigenvalue weighted by Gasteiger charge is 2.14. The molecule has 0 saturated heterocycles. The van der Waals surface area contributed by atoms with Gasteiger partial charge in [0.05, 0.1) is 0 Å². The minimum atomic E-state index is -0.914.